The Balaban J connectivity index is 1.91. The highest BCUT2D eigenvalue weighted by molar-refractivity contribution is 6.31. The molecule has 0 saturated carbocycles. The maximum Gasteiger partial charge on any atom is 0.229 e. The van der Waals surface area contributed by atoms with Gasteiger partial charge in [0.2, 0.25) is 5.95 Å². The van der Waals surface area contributed by atoms with Crippen LogP contribution in [0.2, 0.25) is 5.02 Å². The first-order valence-corrected chi connectivity index (χ1v) is 8.13. The average Bonchev–Trinajstić information content (AvgIpc) is 2.64. The Morgan fingerprint density at radius 3 is 2.68 bits per heavy atom. The number of hydrogen-bond donors (Lipinski definition) is 2. The SMILES string of the molecule is CCCNc1nc(Nc2ccc(F)c(Cl)c2)ncc1-c1cncnc1. The van der Waals surface area contributed by atoms with Crippen LogP contribution in [0, 0.1) is 5.82 Å². The zero-order valence-electron chi connectivity index (χ0n) is 13.5. The predicted octanol–water partition coefficient (Wildman–Crippen LogP) is 4.29. The van der Waals surface area contributed by atoms with Gasteiger partial charge in [0.25, 0.3) is 0 Å². The van der Waals surface area contributed by atoms with Crippen LogP contribution in [0.5, 0.6) is 0 Å². The van der Waals surface area contributed by atoms with Crippen molar-refractivity contribution in [2.24, 2.45) is 0 Å². The summed E-state index contributed by atoms with van der Waals surface area (Å²) in [4.78, 5) is 16.9. The molecule has 3 rings (SSSR count). The third-order valence-electron chi connectivity index (χ3n) is 3.38. The molecule has 0 atom stereocenters. The highest BCUT2D eigenvalue weighted by Crippen LogP contribution is 2.27. The summed E-state index contributed by atoms with van der Waals surface area (Å²) < 4.78 is 13.3. The van der Waals surface area contributed by atoms with Crippen LogP contribution in [0.4, 0.5) is 21.8 Å². The van der Waals surface area contributed by atoms with Gasteiger partial charge in [0, 0.05) is 41.9 Å². The Hall–Kier alpha value is -2.80. The number of hydrogen-bond acceptors (Lipinski definition) is 6. The maximum absolute atomic E-state index is 13.3. The molecule has 2 aromatic heterocycles. The lowest BCUT2D eigenvalue weighted by atomic mass is 10.1. The number of benzene rings is 1. The lowest BCUT2D eigenvalue weighted by Crippen LogP contribution is -2.07. The molecule has 0 aliphatic rings. The van der Waals surface area contributed by atoms with Gasteiger partial charge in [-0.3, -0.25) is 0 Å². The van der Waals surface area contributed by atoms with E-state index in [1.54, 1.807) is 24.7 Å². The van der Waals surface area contributed by atoms with E-state index in [1.807, 2.05) is 0 Å². The summed E-state index contributed by atoms with van der Waals surface area (Å²) in [7, 11) is 0. The predicted molar refractivity (Wildman–Crippen MR) is 96.5 cm³/mol. The second-order valence-corrected chi connectivity index (χ2v) is 5.67. The molecule has 0 spiro atoms. The van der Waals surface area contributed by atoms with Gasteiger partial charge in [0.15, 0.2) is 0 Å². The quantitative estimate of drug-likeness (QED) is 0.684. The lowest BCUT2D eigenvalue weighted by molar-refractivity contribution is 0.628. The highest BCUT2D eigenvalue weighted by Gasteiger charge is 2.10. The van der Waals surface area contributed by atoms with Crippen molar-refractivity contribution in [1.29, 1.82) is 0 Å². The summed E-state index contributed by atoms with van der Waals surface area (Å²) in [6, 6.07) is 4.34. The molecule has 0 saturated heterocycles. The Bertz CT molecular complexity index is 859. The van der Waals surface area contributed by atoms with Crippen molar-refractivity contribution in [3.63, 3.8) is 0 Å². The Labute approximate surface area is 149 Å². The van der Waals surface area contributed by atoms with E-state index in [0.717, 1.165) is 24.1 Å². The summed E-state index contributed by atoms with van der Waals surface area (Å²) >= 11 is 5.80. The fraction of sp³-hybridized carbons (Fsp3) is 0.176. The first-order valence-electron chi connectivity index (χ1n) is 7.75. The average molecular weight is 359 g/mol. The van der Waals surface area contributed by atoms with E-state index in [9.17, 15) is 4.39 Å². The zero-order chi connectivity index (χ0) is 17.6. The fourth-order valence-corrected chi connectivity index (χ4v) is 2.35. The molecule has 1 aromatic carbocycles. The monoisotopic (exact) mass is 358 g/mol. The van der Waals surface area contributed by atoms with E-state index in [0.29, 0.717) is 17.5 Å². The van der Waals surface area contributed by atoms with Crippen LogP contribution in [0.15, 0.2) is 43.1 Å². The molecule has 0 amide bonds. The molecule has 0 unspecified atom stereocenters. The van der Waals surface area contributed by atoms with Gasteiger partial charge in [0.1, 0.15) is 18.0 Å². The third-order valence-corrected chi connectivity index (χ3v) is 3.67. The second-order valence-electron chi connectivity index (χ2n) is 5.26. The van der Waals surface area contributed by atoms with Crippen molar-refractivity contribution in [2.75, 3.05) is 17.2 Å². The molecule has 0 bridgehead atoms. The van der Waals surface area contributed by atoms with Crippen LogP contribution in [-0.2, 0) is 0 Å². The maximum atomic E-state index is 13.3. The summed E-state index contributed by atoms with van der Waals surface area (Å²) in [6.45, 7) is 2.83. The van der Waals surface area contributed by atoms with E-state index in [4.69, 9.17) is 11.6 Å². The van der Waals surface area contributed by atoms with Crippen molar-refractivity contribution < 1.29 is 4.39 Å². The fourth-order valence-electron chi connectivity index (χ4n) is 2.17. The highest BCUT2D eigenvalue weighted by atomic mass is 35.5. The molecule has 2 N–H and O–H groups in total. The Morgan fingerprint density at radius 1 is 1.16 bits per heavy atom. The summed E-state index contributed by atoms with van der Waals surface area (Å²) in [5.41, 5.74) is 2.22. The number of aromatic nitrogens is 4. The van der Waals surface area contributed by atoms with Crippen molar-refractivity contribution in [3.05, 3.63) is 54.0 Å². The lowest BCUT2D eigenvalue weighted by Gasteiger charge is -2.12. The second kappa shape index (κ2) is 7.85. The van der Waals surface area contributed by atoms with E-state index >= 15 is 0 Å². The number of nitrogens with zero attached hydrogens (tertiary/aromatic N) is 4. The smallest absolute Gasteiger partial charge is 0.229 e. The molecule has 0 fully saturated rings. The van der Waals surface area contributed by atoms with Crippen LogP contribution < -0.4 is 10.6 Å². The zero-order valence-corrected chi connectivity index (χ0v) is 14.3. The van der Waals surface area contributed by atoms with Crippen molar-refractivity contribution in [1.82, 2.24) is 19.9 Å². The molecule has 25 heavy (non-hydrogen) atoms. The van der Waals surface area contributed by atoms with E-state index in [2.05, 4.69) is 37.5 Å². The number of rotatable bonds is 6. The van der Waals surface area contributed by atoms with Crippen LogP contribution in [0.3, 0.4) is 0 Å². The molecular formula is C17H16ClFN6. The van der Waals surface area contributed by atoms with Gasteiger partial charge in [0.05, 0.1) is 5.02 Å². The first kappa shape index (κ1) is 17.0. The van der Waals surface area contributed by atoms with E-state index < -0.39 is 5.82 Å². The van der Waals surface area contributed by atoms with Gasteiger partial charge < -0.3 is 10.6 Å². The van der Waals surface area contributed by atoms with Crippen LogP contribution in [-0.4, -0.2) is 26.5 Å². The van der Waals surface area contributed by atoms with Gasteiger partial charge in [-0.15, -0.1) is 0 Å². The summed E-state index contributed by atoms with van der Waals surface area (Å²) in [5.74, 6) is 0.571. The van der Waals surface area contributed by atoms with Crippen molar-refractivity contribution >= 4 is 29.1 Å². The molecule has 0 aliphatic carbocycles. The van der Waals surface area contributed by atoms with Crippen molar-refractivity contribution in [3.8, 4) is 11.1 Å². The molecule has 8 heteroatoms. The Kier molecular flexibility index (Phi) is 5.35. The molecule has 6 nitrogen and oxygen atoms in total. The minimum Gasteiger partial charge on any atom is -0.369 e. The third kappa shape index (κ3) is 4.19. The number of halogens is 2. The number of anilines is 3. The van der Waals surface area contributed by atoms with Crippen LogP contribution in [0.1, 0.15) is 13.3 Å². The Morgan fingerprint density at radius 2 is 1.96 bits per heavy atom. The van der Waals surface area contributed by atoms with Gasteiger partial charge in [-0.05, 0) is 24.6 Å². The molecule has 3 aromatic rings. The van der Waals surface area contributed by atoms with Crippen molar-refractivity contribution in [2.45, 2.75) is 13.3 Å². The summed E-state index contributed by atoms with van der Waals surface area (Å²) in [6.07, 6.45) is 7.52. The van der Waals surface area contributed by atoms with Gasteiger partial charge in [-0.25, -0.2) is 19.3 Å². The van der Waals surface area contributed by atoms with E-state index in [-0.39, 0.29) is 5.02 Å². The van der Waals surface area contributed by atoms with E-state index in [1.165, 1.54) is 18.5 Å². The molecule has 0 radical (unpaired) electrons. The topological polar surface area (TPSA) is 75.6 Å². The standard InChI is InChI=1S/C17H16ClFN6/c1-2-5-22-16-13(11-7-20-10-21-8-11)9-23-17(25-16)24-12-3-4-15(19)14(18)6-12/h3-4,6-10H,2,5H2,1H3,(H2,22,23,24,25). The van der Waals surface area contributed by atoms with Gasteiger partial charge in [-0.1, -0.05) is 18.5 Å². The first-order chi connectivity index (χ1) is 12.2. The van der Waals surface area contributed by atoms with Crippen LogP contribution >= 0.6 is 11.6 Å². The van der Waals surface area contributed by atoms with Crippen LogP contribution in [0.25, 0.3) is 11.1 Å². The normalized spacial score (nSPS) is 10.5. The minimum atomic E-state index is -0.474. The van der Waals surface area contributed by atoms with Gasteiger partial charge >= 0.3 is 0 Å². The molecule has 2 heterocycles. The molecule has 128 valence electrons. The molecule has 0 aliphatic heterocycles. The van der Waals surface area contributed by atoms with Gasteiger partial charge in [-0.2, -0.15) is 4.98 Å². The largest absolute Gasteiger partial charge is 0.369 e. The minimum absolute atomic E-state index is 0.0346. The summed E-state index contributed by atoms with van der Waals surface area (Å²) in [5, 5.41) is 6.33. The molecular weight excluding hydrogens is 343 g/mol. The number of nitrogens with one attached hydrogen (secondary N) is 2.